The van der Waals surface area contributed by atoms with Crippen molar-refractivity contribution in [3.63, 3.8) is 0 Å². The Hall–Kier alpha value is -2.41. The molecule has 1 aromatic carbocycles. The summed E-state index contributed by atoms with van der Waals surface area (Å²) in [6.07, 6.45) is 4.09. The summed E-state index contributed by atoms with van der Waals surface area (Å²) >= 11 is 0. The Morgan fingerprint density at radius 3 is 2.80 bits per heavy atom. The van der Waals surface area contributed by atoms with E-state index in [1.807, 2.05) is 12.1 Å². The molecular weight excluding hydrogens is 248 g/mol. The van der Waals surface area contributed by atoms with Crippen LogP contribution in [-0.4, -0.2) is 16.7 Å². The minimum Gasteiger partial charge on any atom is -0.368 e. The van der Waals surface area contributed by atoms with Crippen LogP contribution in [0.2, 0.25) is 0 Å². The van der Waals surface area contributed by atoms with E-state index < -0.39 is 0 Å². The SMILES string of the molecule is N#CCCNc1ccc(-c2ccc3c(c2)CCC3)nn1. The minimum atomic E-state index is 0.467. The van der Waals surface area contributed by atoms with Crippen LogP contribution in [0.4, 0.5) is 5.82 Å². The maximum Gasteiger partial charge on any atom is 0.148 e. The Balaban J connectivity index is 1.76. The fourth-order valence-corrected chi connectivity index (χ4v) is 2.56. The lowest BCUT2D eigenvalue weighted by atomic mass is 10.0. The number of benzene rings is 1. The average Bonchev–Trinajstić information content (AvgIpc) is 2.96. The molecule has 0 aliphatic heterocycles. The van der Waals surface area contributed by atoms with Crippen molar-refractivity contribution >= 4 is 5.82 Å². The van der Waals surface area contributed by atoms with Gasteiger partial charge in [0.1, 0.15) is 5.82 Å². The minimum absolute atomic E-state index is 0.467. The zero-order valence-electron chi connectivity index (χ0n) is 11.3. The van der Waals surface area contributed by atoms with Gasteiger partial charge in [-0.15, -0.1) is 10.2 Å². The average molecular weight is 264 g/mol. The van der Waals surface area contributed by atoms with Crippen molar-refractivity contribution < 1.29 is 0 Å². The number of nitrogens with zero attached hydrogens (tertiary/aromatic N) is 3. The number of hydrogen-bond donors (Lipinski definition) is 1. The molecule has 1 aromatic heterocycles. The molecule has 1 aliphatic rings. The highest BCUT2D eigenvalue weighted by Crippen LogP contribution is 2.27. The van der Waals surface area contributed by atoms with Gasteiger partial charge in [0.25, 0.3) is 0 Å². The molecule has 4 nitrogen and oxygen atoms in total. The summed E-state index contributed by atoms with van der Waals surface area (Å²) in [6.45, 7) is 0.601. The largest absolute Gasteiger partial charge is 0.368 e. The zero-order valence-corrected chi connectivity index (χ0v) is 11.3. The number of aryl methyl sites for hydroxylation is 2. The third-order valence-corrected chi connectivity index (χ3v) is 3.60. The van der Waals surface area contributed by atoms with Crippen LogP contribution in [0.1, 0.15) is 24.0 Å². The first-order chi connectivity index (χ1) is 9.86. The third kappa shape index (κ3) is 2.62. The fourth-order valence-electron chi connectivity index (χ4n) is 2.56. The number of nitrogens with one attached hydrogen (secondary N) is 1. The van der Waals surface area contributed by atoms with E-state index in [0.717, 1.165) is 11.3 Å². The van der Waals surface area contributed by atoms with E-state index in [1.54, 1.807) is 0 Å². The highest BCUT2D eigenvalue weighted by Gasteiger charge is 2.12. The van der Waals surface area contributed by atoms with E-state index in [0.29, 0.717) is 18.8 Å². The second-order valence-electron chi connectivity index (χ2n) is 4.98. The van der Waals surface area contributed by atoms with E-state index in [9.17, 15) is 0 Å². The number of fused-ring (bicyclic) bond motifs is 1. The maximum atomic E-state index is 8.49. The Kier molecular flexibility index (Phi) is 3.60. The van der Waals surface area contributed by atoms with Crippen LogP contribution < -0.4 is 5.32 Å². The summed E-state index contributed by atoms with van der Waals surface area (Å²) in [5.74, 6) is 0.713. The number of rotatable bonds is 4. The molecule has 4 heteroatoms. The van der Waals surface area contributed by atoms with Gasteiger partial charge in [0.2, 0.25) is 0 Å². The molecule has 1 N–H and O–H groups in total. The van der Waals surface area contributed by atoms with Crippen LogP contribution in [0.3, 0.4) is 0 Å². The van der Waals surface area contributed by atoms with Crippen LogP contribution in [0.25, 0.3) is 11.3 Å². The molecule has 0 radical (unpaired) electrons. The van der Waals surface area contributed by atoms with Gasteiger partial charge in [-0.1, -0.05) is 12.1 Å². The third-order valence-electron chi connectivity index (χ3n) is 3.60. The van der Waals surface area contributed by atoms with E-state index in [4.69, 9.17) is 5.26 Å². The van der Waals surface area contributed by atoms with Gasteiger partial charge < -0.3 is 5.32 Å². The molecule has 0 saturated carbocycles. The predicted molar refractivity (Wildman–Crippen MR) is 78.2 cm³/mol. The molecular formula is C16H16N4. The standard InChI is InChI=1S/C16H16N4/c17-9-2-10-18-16-8-7-15(19-20-16)14-6-5-12-3-1-4-13(12)11-14/h5-8,11H,1-4,10H2,(H,18,20). The van der Waals surface area contributed by atoms with Crippen molar-refractivity contribution in [3.05, 3.63) is 41.5 Å². The first kappa shape index (κ1) is 12.6. The number of hydrogen-bond acceptors (Lipinski definition) is 4. The van der Waals surface area contributed by atoms with Crippen molar-refractivity contribution in [2.75, 3.05) is 11.9 Å². The summed E-state index contributed by atoms with van der Waals surface area (Å²) < 4.78 is 0. The van der Waals surface area contributed by atoms with E-state index in [2.05, 4.69) is 39.8 Å². The summed E-state index contributed by atoms with van der Waals surface area (Å²) in [7, 11) is 0. The smallest absolute Gasteiger partial charge is 0.148 e. The summed E-state index contributed by atoms with van der Waals surface area (Å²) in [4.78, 5) is 0. The highest BCUT2D eigenvalue weighted by atomic mass is 15.2. The molecule has 0 atom stereocenters. The van der Waals surface area contributed by atoms with Crippen molar-refractivity contribution in [1.82, 2.24) is 10.2 Å². The number of nitriles is 1. The fraction of sp³-hybridized carbons (Fsp3) is 0.312. The van der Waals surface area contributed by atoms with Gasteiger partial charge >= 0.3 is 0 Å². The molecule has 2 aromatic rings. The summed E-state index contributed by atoms with van der Waals surface area (Å²) in [6, 6.07) is 12.5. The van der Waals surface area contributed by atoms with Crippen LogP contribution in [-0.2, 0) is 12.8 Å². The second kappa shape index (κ2) is 5.70. The maximum absolute atomic E-state index is 8.49. The topological polar surface area (TPSA) is 61.6 Å². The van der Waals surface area contributed by atoms with E-state index in [1.165, 1.54) is 30.4 Å². The molecule has 20 heavy (non-hydrogen) atoms. The monoisotopic (exact) mass is 264 g/mol. The van der Waals surface area contributed by atoms with Crippen LogP contribution >= 0.6 is 0 Å². The van der Waals surface area contributed by atoms with Crippen LogP contribution in [0.5, 0.6) is 0 Å². The zero-order chi connectivity index (χ0) is 13.8. The molecule has 0 saturated heterocycles. The van der Waals surface area contributed by atoms with Gasteiger partial charge in [-0.05, 0) is 48.6 Å². The first-order valence-electron chi connectivity index (χ1n) is 6.93. The Morgan fingerprint density at radius 1 is 1.10 bits per heavy atom. The van der Waals surface area contributed by atoms with Gasteiger partial charge in [0.15, 0.2) is 0 Å². The quantitative estimate of drug-likeness (QED) is 0.862. The van der Waals surface area contributed by atoms with Crippen LogP contribution in [0, 0.1) is 11.3 Å². The van der Waals surface area contributed by atoms with Crippen LogP contribution in [0.15, 0.2) is 30.3 Å². The van der Waals surface area contributed by atoms with Crippen molar-refractivity contribution in [3.8, 4) is 17.3 Å². The molecule has 0 spiro atoms. The van der Waals surface area contributed by atoms with Gasteiger partial charge in [-0.2, -0.15) is 5.26 Å². The Morgan fingerprint density at radius 2 is 2.00 bits per heavy atom. The van der Waals surface area contributed by atoms with Crippen molar-refractivity contribution in [1.29, 1.82) is 5.26 Å². The first-order valence-corrected chi connectivity index (χ1v) is 6.93. The molecule has 0 fully saturated rings. The lowest BCUT2D eigenvalue weighted by Crippen LogP contribution is -2.03. The molecule has 100 valence electrons. The number of anilines is 1. The van der Waals surface area contributed by atoms with Gasteiger partial charge in [0, 0.05) is 12.1 Å². The molecule has 1 aliphatic carbocycles. The molecule has 0 bridgehead atoms. The molecule has 0 amide bonds. The van der Waals surface area contributed by atoms with Gasteiger partial charge in [-0.25, -0.2) is 0 Å². The highest BCUT2D eigenvalue weighted by molar-refractivity contribution is 5.62. The van der Waals surface area contributed by atoms with Crippen molar-refractivity contribution in [2.24, 2.45) is 0 Å². The van der Waals surface area contributed by atoms with Gasteiger partial charge in [-0.3, -0.25) is 0 Å². The molecule has 3 rings (SSSR count). The summed E-state index contributed by atoms with van der Waals surface area (Å²) in [5, 5.41) is 20.0. The molecule has 0 unspecified atom stereocenters. The molecule has 1 heterocycles. The Bertz CT molecular complexity index is 641. The summed E-state index contributed by atoms with van der Waals surface area (Å²) in [5.41, 5.74) is 4.93. The van der Waals surface area contributed by atoms with Gasteiger partial charge in [0.05, 0.1) is 18.2 Å². The Labute approximate surface area is 118 Å². The van der Waals surface area contributed by atoms with E-state index in [-0.39, 0.29) is 0 Å². The number of aromatic nitrogens is 2. The predicted octanol–water partition coefficient (Wildman–Crippen LogP) is 2.96. The lowest BCUT2D eigenvalue weighted by Gasteiger charge is -2.06. The van der Waals surface area contributed by atoms with Crippen molar-refractivity contribution in [2.45, 2.75) is 25.7 Å². The van der Waals surface area contributed by atoms with E-state index >= 15 is 0 Å². The second-order valence-corrected chi connectivity index (χ2v) is 4.98. The normalized spacial score (nSPS) is 12.8. The lowest BCUT2D eigenvalue weighted by molar-refractivity contribution is 0.912.